The molecule has 1 aromatic rings. The molecule has 20 heavy (non-hydrogen) atoms. The predicted molar refractivity (Wildman–Crippen MR) is 81.9 cm³/mol. The molecule has 1 saturated carbocycles. The Kier molecular flexibility index (Phi) is 4.88. The van der Waals surface area contributed by atoms with E-state index in [0.717, 1.165) is 5.69 Å². The quantitative estimate of drug-likeness (QED) is 0.638. The van der Waals surface area contributed by atoms with Gasteiger partial charge in [0.25, 0.3) is 0 Å². The molecule has 0 heterocycles. The highest BCUT2D eigenvalue weighted by Gasteiger charge is 2.23. The van der Waals surface area contributed by atoms with Gasteiger partial charge in [-0.05, 0) is 50.8 Å². The molecule has 1 unspecified atom stereocenters. The predicted octanol–water partition coefficient (Wildman–Crippen LogP) is 3.44. The summed E-state index contributed by atoms with van der Waals surface area (Å²) >= 11 is 0. The van der Waals surface area contributed by atoms with Gasteiger partial charge in [-0.25, -0.2) is 4.79 Å². The lowest BCUT2D eigenvalue weighted by Crippen LogP contribution is -2.25. The average molecular weight is 276 g/mol. The van der Waals surface area contributed by atoms with Crippen LogP contribution in [0.4, 0.5) is 11.4 Å². The fraction of sp³-hybridized carbons (Fsp3) is 0.562. The van der Waals surface area contributed by atoms with Crippen LogP contribution in [0.1, 0.15) is 49.9 Å². The van der Waals surface area contributed by atoms with Crippen molar-refractivity contribution in [1.82, 2.24) is 0 Å². The number of esters is 1. The normalized spacial score (nSPS) is 16.9. The fourth-order valence-electron chi connectivity index (χ4n) is 2.89. The second kappa shape index (κ2) is 6.64. The number of anilines is 2. The van der Waals surface area contributed by atoms with Gasteiger partial charge in [-0.15, -0.1) is 0 Å². The van der Waals surface area contributed by atoms with Crippen LogP contribution in [0, 0.1) is 5.92 Å². The largest absolute Gasteiger partial charge is 0.462 e. The molecule has 0 bridgehead atoms. The SMILES string of the molecule is CCOC(=O)c1cc(N)ccc1NC(C)C1CCCC1. The molecule has 1 aliphatic rings. The minimum atomic E-state index is -0.319. The molecule has 1 aromatic carbocycles. The molecule has 4 heteroatoms. The van der Waals surface area contributed by atoms with Crippen LogP contribution in [0.15, 0.2) is 18.2 Å². The number of hydrogen-bond acceptors (Lipinski definition) is 4. The Hall–Kier alpha value is -1.71. The van der Waals surface area contributed by atoms with Gasteiger partial charge in [0.1, 0.15) is 0 Å². The summed E-state index contributed by atoms with van der Waals surface area (Å²) in [6, 6.07) is 5.72. The number of nitrogen functional groups attached to an aromatic ring is 1. The van der Waals surface area contributed by atoms with Crippen molar-refractivity contribution in [1.29, 1.82) is 0 Å². The summed E-state index contributed by atoms with van der Waals surface area (Å²) in [6.07, 6.45) is 5.14. The number of hydrogen-bond donors (Lipinski definition) is 2. The van der Waals surface area contributed by atoms with Crippen LogP contribution in [-0.2, 0) is 4.74 Å². The lowest BCUT2D eigenvalue weighted by molar-refractivity contribution is 0.0527. The highest BCUT2D eigenvalue weighted by atomic mass is 16.5. The van der Waals surface area contributed by atoms with Crippen molar-refractivity contribution >= 4 is 17.3 Å². The highest BCUT2D eigenvalue weighted by Crippen LogP contribution is 2.30. The summed E-state index contributed by atoms with van der Waals surface area (Å²) in [7, 11) is 0. The van der Waals surface area contributed by atoms with E-state index in [-0.39, 0.29) is 5.97 Å². The van der Waals surface area contributed by atoms with Crippen molar-refractivity contribution in [3.05, 3.63) is 23.8 Å². The third kappa shape index (κ3) is 3.44. The molecule has 0 aromatic heterocycles. The van der Waals surface area contributed by atoms with Gasteiger partial charge in [-0.3, -0.25) is 0 Å². The van der Waals surface area contributed by atoms with Crippen molar-refractivity contribution in [2.75, 3.05) is 17.7 Å². The molecule has 0 radical (unpaired) electrons. The van der Waals surface area contributed by atoms with Crippen LogP contribution in [-0.4, -0.2) is 18.6 Å². The zero-order chi connectivity index (χ0) is 14.5. The second-order valence-electron chi connectivity index (χ2n) is 5.50. The standard InChI is InChI=1S/C16H24N2O2/c1-3-20-16(19)14-10-13(17)8-9-15(14)18-11(2)12-6-4-5-7-12/h8-12,18H,3-7,17H2,1-2H3. The molecule has 0 aliphatic heterocycles. The number of benzene rings is 1. The lowest BCUT2D eigenvalue weighted by Gasteiger charge is -2.23. The van der Waals surface area contributed by atoms with E-state index in [9.17, 15) is 4.79 Å². The van der Waals surface area contributed by atoms with Crippen molar-refractivity contribution < 1.29 is 9.53 Å². The number of carbonyl (C=O) groups excluding carboxylic acids is 1. The Morgan fingerprint density at radius 2 is 2.15 bits per heavy atom. The van der Waals surface area contributed by atoms with Gasteiger partial charge in [-0.1, -0.05) is 12.8 Å². The smallest absolute Gasteiger partial charge is 0.340 e. The Morgan fingerprint density at radius 1 is 1.45 bits per heavy atom. The van der Waals surface area contributed by atoms with Gasteiger partial charge in [0, 0.05) is 17.4 Å². The van der Waals surface area contributed by atoms with Gasteiger partial charge in [0.15, 0.2) is 0 Å². The third-order valence-electron chi connectivity index (χ3n) is 4.03. The average Bonchev–Trinajstić information content (AvgIpc) is 2.95. The fourth-order valence-corrected chi connectivity index (χ4v) is 2.89. The lowest BCUT2D eigenvalue weighted by atomic mass is 9.99. The van der Waals surface area contributed by atoms with Gasteiger partial charge in [0.2, 0.25) is 0 Å². The minimum absolute atomic E-state index is 0.319. The van der Waals surface area contributed by atoms with Crippen LogP contribution in [0.3, 0.4) is 0 Å². The molecule has 0 amide bonds. The van der Waals surface area contributed by atoms with Crippen LogP contribution in [0.2, 0.25) is 0 Å². The molecular weight excluding hydrogens is 252 g/mol. The number of nitrogens with two attached hydrogens (primary N) is 1. The summed E-state index contributed by atoms with van der Waals surface area (Å²) in [4.78, 5) is 12.0. The summed E-state index contributed by atoms with van der Waals surface area (Å²) < 4.78 is 5.10. The molecular formula is C16H24N2O2. The van der Waals surface area contributed by atoms with Crippen LogP contribution in [0.25, 0.3) is 0 Å². The first-order valence-corrected chi connectivity index (χ1v) is 7.45. The molecule has 110 valence electrons. The van der Waals surface area contributed by atoms with Crippen LogP contribution in [0.5, 0.6) is 0 Å². The first-order valence-electron chi connectivity index (χ1n) is 7.45. The van der Waals surface area contributed by atoms with E-state index < -0.39 is 0 Å². The zero-order valence-electron chi connectivity index (χ0n) is 12.3. The molecule has 1 atom stereocenters. The van der Waals surface area contributed by atoms with E-state index in [4.69, 9.17) is 10.5 Å². The summed E-state index contributed by atoms with van der Waals surface area (Å²) in [5.74, 6) is 0.364. The Bertz CT molecular complexity index is 468. The molecule has 1 aliphatic carbocycles. The highest BCUT2D eigenvalue weighted by molar-refractivity contribution is 5.96. The van der Waals surface area contributed by atoms with E-state index in [1.165, 1.54) is 25.7 Å². The molecule has 1 fully saturated rings. The number of carbonyl (C=O) groups is 1. The van der Waals surface area contributed by atoms with Gasteiger partial charge < -0.3 is 15.8 Å². The van der Waals surface area contributed by atoms with Crippen molar-refractivity contribution in [2.24, 2.45) is 5.92 Å². The van der Waals surface area contributed by atoms with E-state index in [1.807, 2.05) is 12.1 Å². The van der Waals surface area contributed by atoms with E-state index in [1.54, 1.807) is 13.0 Å². The summed E-state index contributed by atoms with van der Waals surface area (Å²) in [6.45, 7) is 4.35. The molecule has 4 nitrogen and oxygen atoms in total. The van der Waals surface area contributed by atoms with E-state index in [0.29, 0.717) is 29.8 Å². The number of rotatable bonds is 5. The van der Waals surface area contributed by atoms with Crippen LogP contribution < -0.4 is 11.1 Å². The maximum Gasteiger partial charge on any atom is 0.340 e. The molecule has 3 N–H and O–H groups in total. The maximum absolute atomic E-state index is 12.0. The Labute approximate surface area is 120 Å². The van der Waals surface area contributed by atoms with Crippen molar-refractivity contribution in [2.45, 2.75) is 45.6 Å². The molecule has 0 spiro atoms. The number of ether oxygens (including phenoxy) is 1. The Balaban J connectivity index is 2.15. The van der Waals surface area contributed by atoms with Crippen LogP contribution >= 0.6 is 0 Å². The third-order valence-corrected chi connectivity index (χ3v) is 4.03. The van der Waals surface area contributed by atoms with Crippen molar-refractivity contribution in [3.8, 4) is 0 Å². The maximum atomic E-state index is 12.0. The van der Waals surface area contributed by atoms with Gasteiger partial charge >= 0.3 is 5.97 Å². The van der Waals surface area contributed by atoms with Crippen molar-refractivity contribution in [3.63, 3.8) is 0 Å². The van der Waals surface area contributed by atoms with E-state index in [2.05, 4.69) is 12.2 Å². The number of nitrogens with one attached hydrogen (secondary N) is 1. The summed E-state index contributed by atoms with van der Waals surface area (Å²) in [5, 5.41) is 3.46. The molecule has 2 rings (SSSR count). The minimum Gasteiger partial charge on any atom is -0.462 e. The Morgan fingerprint density at radius 3 is 2.80 bits per heavy atom. The van der Waals surface area contributed by atoms with E-state index >= 15 is 0 Å². The topological polar surface area (TPSA) is 64.3 Å². The zero-order valence-corrected chi connectivity index (χ0v) is 12.3. The summed E-state index contributed by atoms with van der Waals surface area (Å²) in [5.41, 5.74) is 7.70. The first kappa shape index (κ1) is 14.7. The van der Waals surface area contributed by atoms with Gasteiger partial charge in [-0.2, -0.15) is 0 Å². The molecule has 0 saturated heterocycles. The van der Waals surface area contributed by atoms with Gasteiger partial charge in [0.05, 0.1) is 12.2 Å². The second-order valence-corrected chi connectivity index (χ2v) is 5.50. The first-order chi connectivity index (χ1) is 9.61. The monoisotopic (exact) mass is 276 g/mol.